The molecular formula is C23H25FN4O3. The Labute approximate surface area is 180 Å². The van der Waals surface area contributed by atoms with E-state index in [9.17, 15) is 4.39 Å². The molecule has 0 amide bonds. The number of aromatic amines is 1. The molecule has 2 saturated heterocycles. The van der Waals surface area contributed by atoms with E-state index in [2.05, 4.69) is 22.2 Å². The molecule has 1 aromatic carbocycles. The third-order valence-corrected chi connectivity index (χ3v) is 5.87. The fourth-order valence-corrected chi connectivity index (χ4v) is 4.03. The van der Waals surface area contributed by atoms with E-state index in [0.717, 1.165) is 29.9 Å². The third-order valence-electron chi connectivity index (χ3n) is 5.87. The van der Waals surface area contributed by atoms with Gasteiger partial charge in [0, 0.05) is 42.0 Å². The van der Waals surface area contributed by atoms with Crippen molar-refractivity contribution in [2.45, 2.75) is 19.3 Å². The normalized spacial score (nSPS) is 26.6. The molecule has 2 aliphatic rings. The number of hydrogen-bond donors (Lipinski definition) is 2. The third kappa shape index (κ3) is 4.12. The minimum absolute atomic E-state index is 0.0426. The molecule has 4 heterocycles. The lowest BCUT2D eigenvalue weighted by molar-refractivity contribution is -0.258. The monoisotopic (exact) mass is 424 g/mol. The molecule has 1 atom stereocenters. The topological polar surface area (TPSA) is 81.3 Å². The van der Waals surface area contributed by atoms with Crippen molar-refractivity contribution in [2.24, 2.45) is 5.41 Å². The molecular weight excluding hydrogens is 399 g/mol. The highest BCUT2D eigenvalue weighted by molar-refractivity contribution is 5.78. The van der Waals surface area contributed by atoms with Crippen molar-refractivity contribution < 1.29 is 18.6 Å². The van der Waals surface area contributed by atoms with Crippen LogP contribution in [-0.4, -0.2) is 54.0 Å². The second-order valence-electron chi connectivity index (χ2n) is 8.26. The molecule has 0 radical (unpaired) electrons. The highest BCUT2D eigenvalue weighted by Gasteiger charge is 2.42. The first-order chi connectivity index (χ1) is 15.1. The SMILES string of the molecule is CC1(C2CNCCO2)COC(c2nc(-c3ccc(F)cc3)c(-c3ccncc3)[nH]2)OC1. The van der Waals surface area contributed by atoms with E-state index in [0.29, 0.717) is 31.3 Å². The summed E-state index contributed by atoms with van der Waals surface area (Å²) in [6.07, 6.45) is 2.88. The predicted octanol–water partition coefficient (Wildman–Crippen LogP) is 3.32. The van der Waals surface area contributed by atoms with Crippen molar-refractivity contribution in [1.29, 1.82) is 0 Å². The van der Waals surface area contributed by atoms with Crippen LogP contribution in [0.4, 0.5) is 4.39 Å². The van der Waals surface area contributed by atoms with Crippen molar-refractivity contribution >= 4 is 0 Å². The van der Waals surface area contributed by atoms with Crippen molar-refractivity contribution in [2.75, 3.05) is 32.9 Å². The number of ether oxygens (including phenoxy) is 3. The average molecular weight is 424 g/mol. The van der Waals surface area contributed by atoms with Crippen molar-refractivity contribution in [1.82, 2.24) is 20.3 Å². The second-order valence-corrected chi connectivity index (χ2v) is 8.26. The first kappa shape index (κ1) is 20.3. The summed E-state index contributed by atoms with van der Waals surface area (Å²) in [5.74, 6) is 0.290. The van der Waals surface area contributed by atoms with Gasteiger partial charge < -0.3 is 24.5 Å². The van der Waals surface area contributed by atoms with Gasteiger partial charge in [0.2, 0.25) is 6.29 Å². The summed E-state index contributed by atoms with van der Waals surface area (Å²) < 4.78 is 31.6. The van der Waals surface area contributed by atoms with Gasteiger partial charge in [0.1, 0.15) is 5.82 Å². The Balaban J connectivity index is 1.42. The van der Waals surface area contributed by atoms with Crippen LogP contribution in [0.2, 0.25) is 0 Å². The Morgan fingerprint density at radius 1 is 1.00 bits per heavy atom. The highest BCUT2D eigenvalue weighted by Crippen LogP contribution is 2.37. The fraction of sp³-hybridized carbons (Fsp3) is 0.391. The Morgan fingerprint density at radius 3 is 2.42 bits per heavy atom. The molecule has 1 unspecified atom stereocenters. The molecule has 0 bridgehead atoms. The summed E-state index contributed by atoms with van der Waals surface area (Å²) in [5, 5.41) is 3.36. The van der Waals surface area contributed by atoms with Crippen LogP contribution in [0.1, 0.15) is 19.0 Å². The van der Waals surface area contributed by atoms with Crippen LogP contribution >= 0.6 is 0 Å². The van der Waals surface area contributed by atoms with Gasteiger partial charge in [0.15, 0.2) is 5.82 Å². The number of nitrogens with zero attached hydrogens (tertiary/aromatic N) is 2. The van der Waals surface area contributed by atoms with Crippen LogP contribution in [0.15, 0.2) is 48.8 Å². The number of hydrogen-bond acceptors (Lipinski definition) is 6. The van der Waals surface area contributed by atoms with Gasteiger partial charge in [-0.15, -0.1) is 0 Å². The number of pyridine rings is 1. The number of benzene rings is 1. The lowest BCUT2D eigenvalue weighted by atomic mass is 9.84. The number of rotatable bonds is 4. The zero-order chi connectivity index (χ0) is 21.3. The molecule has 0 spiro atoms. The molecule has 162 valence electrons. The van der Waals surface area contributed by atoms with Crippen LogP contribution in [0, 0.1) is 11.2 Å². The maximum Gasteiger partial charge on any atom is 0.217 e. The summed E-state index contributed by atoms with van der Waals surface area (Å²) in [6.45, 7) is 5.47. The number of nitrogens with one attached hydrogen (secondary N) is 2. The molecule has 5 rings (SSSR count). The van der Waals surface area contributed by atoms with Gasteiger partial charge in [0.05, 0.1) is 37.3 Å². The first-order valence-corrected chi connectivity index (χ1v) is 10.4. The van der Waals surface area contributed by atoms with Gasteiger partial charge in [0.25, 0.3) is 0 Å². The number of morpholine rings is 1. The van der Waals surface area contributed by atoms with Gasteiger partial charge in [-0.25, -0.2) is 9.37 Å². The standard InChI is InChI=1S/C23H25FN4O3/c1-23(18-12-26-10-11-29-18)13-30-22(31-14-23)21-27-19(15-2-4-17(24)5-3-15)20(28-21)16-6-8-25-9-7-16/h2-9,18,22,26H,10-14H2,1H3,(H,27,28). The van der Waals surface area contributed by atoms with Gasteiger partial charge in [-0.2, -0.15) is 0 Å². The Kier molecular flexibility index (Phi) is 5.54. The predicted molar refractivity (Wildman–Crippen MR) is 113 cm³/mol. The maximum absolute atomic E-state index is 13.5. The molecule has 2 aliphatic heterocycles. The number of imidazole rings is 1. The summed E-state index contributed by atoms with van der Waals surface area (Å²) in [6, 6.07) is 10.1. The van der Waals surface area contributed by atoms with Crippen LogP contribution in [0.3, 0.4) is 0 Å². The lowest BCUT2D eigenvalue weighted by Gasteiger charge is -2.43. The van der Waals surface area contributed by atoms with Crippen LogP contribution in [-0.2, 0) is 14.2 Å². The van der Waals surface area contributed by atoms with Crippen LogP contribution < -0.4 is 5.32 Å². The minimum Gasteiger partial charge on any atom is -0.375 e. The minimum atomic E-state index is -0.612. The van der Waals surface area contributed by atoms with E-state index in [1.165, 1.54) is 12.1 Å². The van der Waals surface area contributed by atoms with Gasteiger partial charge in [-0.05, 0) is 36.4 Å². The lowest BCUT2D eigenvalue weighted by Crippen LogP contribution is -2.53. The number of halogens is 1. The first-order valence-electron chi connectivity index (χ1n) is 10.4. The highest BCUT2D eigenvalue weighted by atomic mass is 19.1. The average Bonchev–Trinajstić information content (AvgIpc) is 3.27. The molecule has 2 aromatic heterocycles. The molecule has 2 N–H and O–H groups in total. The molecule has 3 aromatic rings. The molecule has 2 fully saturated rings. The Morgan fingerprint density at radius 2 is 1.74 bits per heavy atom. The molecule has 31 heavy (non-hydrogen) atoms. The van der Waals surface area contributed by atoms with E-state index in [4.69, 9.17) is 19.2 Å². The van der Waals surface area contributed by atoms with Crippen LogP contribution in [0.25, 0.3) is 22.5 Å². The van der Waals surface area contributed by atoms with E-state index < -0.39 is 6.29 Å². The summed E-state index contributed by atoms with van der Waals surface area (Å²) in [7, 11) is 0. The summed E-state index contributed by atoms with van der Waals surface area (Å²) >= 11 is 0. The molecule has 0 aliphatic carbocycles. The number of aromatic nitrogens is 3. The van der Waals surface area contributed by atoms with Crippen LogP contribution in [0.5, 0.6) is 0 Å². The zero-order valence-electron chi connectivity index (χ0n) is 17.3. The smallest absolute Gasteiger partial charge is 0.217 e. The zero-order valence-corrected chi connectivity index (χ0v) is 17.3. The van der Waals surface area contributed by atoms with E-state index in [-0.39, 0.29) is 17.3 Å². The van der Waals surface area contributed by atoms with E-state index in [1.54, 1.807) is 24.5 Å². The van der Waals surface area contributed by atoms with Gasteiger partial charge in [-0.1, -0.05) is 6.92 Å². The molecule has 0 saturated carbocycles. The van der Waals surface area contributed by atoms with Gasteiger partial charge >= 0.3 is 0 Å². The maximum atomic E-state index is 13.5. The summed E-state index contributed by atoms with van der Waals surface area (Å²) in [5.41, 5.74) is 3.02. The van der Waals surface area contributed by atoms with E-state index >= 15 is 0 Å². The Hall–Kier alpha value is -2.65. The summed E-state index contributed by atoms with van der Waals surface area (Å²) in [4.78, 5) is 12.2. The van der Waals surface area contributed by atoms with E-state index in [1.807, 2.05) is 12.1 Å². The molecule has 7 nitrogen and oxygen atoms in total. The largest absolute Gasteiger partial charge is 0.375 e. The Bertz CT molecular complexity index is 1010. The van der Waals surface area contributed by atoms with Crippen molar-refractivity contribution in [3.63, 3.8) is 0 Å². The fourth-order valence-electron chi connectivity index (χ4n) is 4.03. The number of H-pyrrole nitrogens is 1. The second kappa shape index (κ2) is 8.47. The molecule has 8 heteroatoms. The van der Waals surface area contributed by atoms with Gasteiger partial charge in [-0.3, -0.25) is 4.98 Å². The van der Waals surface area contributed by atoms with Crippen molar-refractivity contribution in [3.05, 3.63) is 60.4 Å². The van der Waals surface area contributed by atoms with Crippen molar-refractivity contribution in [3.8, 4) is 22.5 Å². The quantitative estimate of drug-likeness (QED) is 0.669.